The lowest BCUT2D eigenvalue weighted by atomic mass is 9.82. The largest absolute Gasteiger partial charge is 0.465 e. The van der Waals surface area contributed by atoms with E-state index in [0.29, 0.717) is 13.2 Å². The average molecular weight is 407 g/mol. The summed E-state index contributed by atoms with van der Waals surface area (Å²) in [5, 5.41) is 0. The molecule has 1 fully saturated rings. The third-order valence-corrected chi connectivity index (χ3v) is 6.20. The number of hydrogen-bond acceptors (Lipinski definition) is 5. The van der Waals surface area contributed by atoms with E-state index in [1.807, 2.05) is 26.1 Å². The molecule has 0 bridgehead atoms. The van der Waals surface area contributed by atoms with E-state index in [9.17, 15) is 4.79 Å². The first-order chi connectivity index (χ1) is 14.5. The smallest absolute Gasteiger partial charge is 0.318 e. The molecular weight excluding hydrogens is 376 g/mol. The predicted octanol–water partition coefficient (Wildman–Crippen LogP) is 4.43. The summed E-state index contributed by atoms with van der Waals surface area (Å²) in [6.07, 6.45) is 6.43. The summed E-state index contributed by atoms with van der Waals surface area (Å²) in [7, 11) is 0. The zero-order valence-electron chi connectivity index (χ0n) is 18.4. The van der Waals surface area contributed by atoms with Gasteiger partial charge in [-0.05, 0) is 56.9 Å². The number of rotatable bonds is 6. The van der Waals surface area contributed by atoms with E-state index in [1.54, 1.807) is 0 Å². The van der Waals surface area contributed by atoms with Crippen LogP contribution in [0.5, 0.6) is 0 Å². The zero-order valence-corrected chi connectivity index (χ0v) is 18.4. The summed E-state index contributed by atoms with van der Waals surface area (Å²) >= 11 is 0. The molecule has 6 heteroatoms. The van der Waals surface area contributed by atoms with Crippen LogP contribution in [0.25, 0.3) is 11.2 Å². The van der Waals surface area contributed by atoms with Crippen molar-refractivity contribution in [2.75, 3.05) is 6.61 Å². The zero-order chi connectivity index (χ0) is 21.3. The molecule has 158 valence electrons. The van der Waals surface area contributed by atoms with Gasteiger partial charge < -0.3 is 9.30 Å². The molecule has 0 saturated heterocycles. The van der Waals surface area contributed by atoms with Gasteiger partial charge in [0.2, 0.25) is 0 Å². The topological polar surface area (TPSA) is 69.9 Å². The van der Waals surface area contributed by atoms with Gasteiger partial charge in [-0.3, -0.25) is 9.78 Å². The molecule has 1 aliphatic carbocycles. The van der Waals surface area contributed by atoms with Crippen molar-refractivity contribution >= 4 is 17.1 Å². The lowest BCUT2D eigenvalue weighted by molar-refractivity contribution is -0.150. The SMILES string of the molecule is CCOC(=O)C1(c2ccc(Cn3c(CC)nc4c(C)cc(C)nc43)cn2)CCCC1. The molecule has 0 radical (unpaired) electrons. The van der Waals surface area contributed by atoms with E-state index < -0.39 is 5.41 Å². The van der Waals surface area contributed by atoms with E-state index in [-0.39, 0.29) is 5.97 Å². The van der Waals surface area contributed by atoms with Crippen LogP contribution in [0.15, 0.2) is 24.4 Å². The van der Waals surface area contributed by atoms with Crippen molar-refractivity contribution in [3.8, 4) is 0 Å². The molecule has 3 aromatic rings. The van der Waals surface area contributed by atoms with Crippen LogP contribution < -0.4 is 0 Å². The monoisotopic (exact) mass is 406 g/mol. The van der Waals surface area contributed by atoms with Crippen LogP contribution in [0.2, 0.25) is 0 Å². The van der Waals surface area contributed by atoms with Gasteiger partial charge in [-0.25, -0.2) is 9.97 Å². The number of aryl methyl sites for hydroxylation is 3. The number of pyridine rings is 2. The number of hydrogen-bond donors (Lipinski definition) is 0. The van der Waals surface area contributed by atoms with Crippen molar-refractivity contribution < 1.29 is 9.53 Å². The molecule has 30 heavy (non-hydrogen) atoms. The van der Waals surface area contributed by atoms with Crippen molar-refractivity contribution in [1.29, 1.82) is 0 Å². The number of esters is 1. The lowest BCUT2D eigenvalue weighted by Gasteiger charge is -2.26. The number of nitrogens with zero attached hydrogens (tertiary/aromatic N) is 4. The van der Waals surface area contributed by atoms with Crippen molar-refractivity contribution in [1.82, 2.24) is 19.5 Å². The Balaban J connectivity index is 1.67. The first kappa shape index (κ1) is 20.5. The molecule has 0 atom stereocenters. The van der Waals surface area contributed by atoms with E-state index in [4.69, 9.17) is 19.7 Å². The highest BCUT2D eigenvalue weighted by atomic mass is 16.5. The first-order valence-electron chi connectivity index (χ1n) is 10.9. The molecule has 6 nitrogen and oxygen atoms in total. The van der Waals surface area contributed by atoms with Crippen LogP contribution in [0.1, 0.15) is 67.9 Å². The lowest BCUT2D eigenvalue weighted by Crippen LogP contribution is -2.35. The first-order valence-corrected chi connectivity index (χ1v) is 10.9. The number of fused-ring (bicyclic) bond motifs is 1. The van der Waals surface area contributed by atoms with Crippen molar-refractivity contribution in [3.05, 3.63) is 52.7 Å². The Bertz CT molecular complexity index is 1060. The summed E-state index contributed by atoms with van der Waals surface area (Å²) in [6.45, 7) is 9.13. The van der Waals surface area contributed by atoms with Crippen molar-refractivity contribution in [2.45, 2.75) is 71.8 Å². The molecule has 0 N–H and O–H groups in total. The number of aromatic nitrogens is 4. The number of carbonyl (C=O) groups excluding carboxylic acids is 1. The fourth-order valence-corrected chi connectivity index (χ4v) is 4.68. The van der Waals surface area contributed by atoms with Gasteiger partial charge in [0.15, 0.2) is 5.65 Å². The van der Waals surface area contributed by atoms with Crippen LogP contribution in [0, 0.1) is 13.8 Å². The standard InChI is InChI=1S/C24H30N4O2/c1-5-20-27-21-16(3)13-17(4)26-22(21)28(20)15-18-9-10-19(25-14-18)24(11-7-8-12-24)23(29)30-6-2/h9-10,13-14H,5-8,11-12,15H2,1-4H3. The highest BCUT2D eigenvalue weighted by Crippen LogP contribution is 2.41. The molecule has 4 rings (SSSR count). The molecule has 3 heterocycles. The summed E-state index contributed by atoms with van der Waals surface area (Å²) in [6, 6.07) is 6.16. The maximum absolute atomic E-state index is 12.7. The minimum Gasteiger partial charge on any atom is -0.465 e. The Hall–Kier alpha value is -2.76. The highest BCUT2D eigenvalue weighted by molar-refractivity contribution is 5.83. The maximum Gasteiger partial charge on any atom is 0.318 e. The van der Waals surface area contributed by atoms with Gasteiger partial charge in [0.1, 0.15) is 16.8 Å². The molecule has 3 aromatic heterocycles. The van der Waals surface area contributed by atoms with Gasteiger partial charge in [0.05, 0.1) is 18.8 Å². The number of ether oxygens (including phenoxy) is 1. The van der Waals surface area contributed by atoms with E-state index in [2.05, 4.69) is 30.5 Å². The summed E-state index contributed by atoms with van der Waals surface area (Å²) in [4.78, 5) is 27.0. The molecule has 0 aliphatic heterocycles. The maximum atomic E-state index is 12.7. The third kappa shape index (κ3) is 3.48. The highest BCUT2D eigenvalue weighted by Gasteiger charge is 2.45. The van der Waals surface area contributed by atoms with Gasteiger partial charge in [-0.2, -0.15) is 0 Å². The van der Waals surface area contributed by atoms with Crippen LogP contribution in [-0.4, -0.2) is 32.1 Å². The van der Waals surface area contributed by atoms with Gasteiger partial charge in [-0.1, -0.05) is 25.8 Å². The summed E-state index contributed by atoms with van der Waals surface area (Å²) in [5.74, 6) is 0.890. The second kappa shape index (κ2) is 8.17. The van der Waals surface area contributed by atoms with E-state index >= 15 is 0 Å². The minimum absolute atomic E-state index is 0.133. The molecule has 0 spiro atoms. The number of imidazole rings is 1. The molecule has 1 saturated carbocycles. The minimum atomic E-state index is -0.583. The van der Waals surface area contributed by atoms with Crippen LogP contribution in [0.3, 0.4) is 0 Å². The molecule has 0 unspecified atom stereocenters. The Kier molecular flexibility index (Phi) is 5.58. The Labute approximate surface area is 177 Å². The van der Waals surface area contributed by atoms with Crippen molar-refractivity contribution in [2.24, 2.45) is 0 Å². The van der Waals surface area contributed by atoms with Crippen LogP contribution in [0.4, 0.5) is 0 Å². The fraction of sp³-hybridized carbons (Fsp3) is 0.500. The molecule has 0 aromatic carbocycles. The quantitative estimate of drug-likeness (QED) is 0.567. The average Bonchev–Trinajstić information content (AvgIpc) is 3.35. The Morgan fingerprint density at radius 3 is 2.57 bits per heavy atom. The van der Waals surface area contributed by atoms with Gasteiger partial charge in [0.25, 0.3) is 0 Å². The van der Waals surface area contributed by atoms with Gasteiger partial charge >= 0.3 is 5.97 Å². The molecule has 1 aliphatic rings. The van der Waals surface area contributed by atoms with Gasteiger partial charge in [-0.15, -0.1) is 0 Å². The predicted molar refractivity (Wildman–Crippen MR) is 116 cm³/mol. The molecule has 0 amide bonds. The van der Waals surface area contributed by atoms with Crippen molar-refractivity contribution in [3.63, 3.8) is 0 Å². The summed E-state index contributed by atoms with van der Waals surface area (Å²) in [5.41, 5.74) is 5.36. The second-order valence-electron chi connectivity index (χ2n) is 8.28. The summed E-state index contributed by atoms with van der Waals surface area (Å²) < 4.78 is 7.58. The van der Waals surface area contributed by atoms with Crippen LogP contribution in [-0.2, 0) is 27.9 Å². The van der Waals surface area contributed by atoms with E-state index in [1.165, 1.54) is 0 Å². The Morgan fingerprint density at radius 2 is 1.93 bits per heavy atom. The van der Waals surface area contributed by atoms with Crippen LogP contribution >= 0.6 is 0 Å². The normalized spacial score (nSPS) is 15.6. The van der Waals surface area contributed by atoms with Gasteiger partial charge in [0, 0.05) is 18.3 Å². The van der Waals surface area contributed by atoms with E-state index in [0.717, 1.165) is 71.6 Å². The second-order valence-corrected chi connectivity index (χ2v) is 8.28. The number of carbonyl (C=O) groups is 1. The Morgan fingerprint density at radius 1 is 1.17 bits per heavy atom. The third-order valence-electron chi connectivity index (χ3n) is 6.20. The fourth-order valence-electron chi connectivity index (χ4n) is 4.68. The molecular formula is C24H30N4O2.